The predicted molar refractivity (Wildman–Crippen MR) is 120 cm³/mol. The summed E-state index contributed by atoms with van der Waals surface area (Å²) in [6, 6.07) is 13.5. The predicted octanol–water partition coefficient (Wildman–Crippen LogP) is 3.05. The smallest absolute Gasteiger partial charge is 0.267 e. The molecule has 0 amide bonds. The monoisotopic (exact) mass is 444 g/mol. The molecule has 0 aliphatic carbocycles. The number of halogens is 1. The van der Waals surface area contributed by atoms with E-state index >= 15 is 0 Å². The average Bonchev–Trinajstić information content (AvgIpc) is 3.34. The summed E-state index contributed by atoms with van der Waals surface area (Å²) in [4.78, 5) is 22.1. The van der Waals surface area contributed by atoms with Gasteiger partial charge in [0.15, 0.2) is 17.1 Å². The van der Waals surface area contributed by atoms with Crippen LogP contribution < -0.4 is 20.3 Å². The summed E-state index contributed by atoms with van der Waals surface area (Å²) in [7, 11) is 0. The minimum absolute atomic E-state index is 0.0980. The zero-order chi connectivity index (χ0) is 22.4. The van der Waals surface area contributed by atoms with Crippen LogP contribution >= 0.6 is 0 Å². The molecule has 0 fully saturated rings. The van der Waals surface area contributed by atoms with Gasteiger partial charge in [0.25, 0.3) is 5.56 Å². The van der Waals surface area contributed by atoms with Gasteiger partial charge in [-0.05, 0) is 24.3 Å². The number of hydrogen-bond donors (Lipinski definition) is 2. The maximum Gasteiger partial charge on any atom is 0.267 e. The van der Waals surface area contributed by atoms with E-state index in [-0.39, 0.29) is 23.4 Å². The second kappa shape index (κ2) is 7.59. The molecule has 5 aromatic rings. The highest BCUT2D eigenvalue weighted by atomic mass is 19.1. The highest BCUT2D eigenvalue weighted by Crippen LogP contribution is 2.31. The molecule has 6 rings (SSSR count). The normalized spacial score (nSPS) is 15.1. The molecule has 0 spiro atoms. The number of benzene rings is 2. The van der Waals surface area contributed by atoms with Crippen LogP contribution in [0.5, 0.6) is 11.5 Å². The third kappa shape index (κ3) is 3.23. The van der Waals surface area contributed by atoms with Crippen molar-refractivity contribution in [1.29, 1.82) is 0 Å². The molecule has 4 heterocycles. The van der Waals surface area contributed by atoms with Gasteiger partial charge in [0.1, 0.15) is 24.0 Å². The molecule has 2 N–H and O–H groups in total. The van der Waals surface area contributed by atoms with Crippen LogP contribution in [0.25, 0.3) is 27.6 Å². The molecule has 1 aliphatic heterocycles. The van der Waals surface area contributed by atoms with Gasteiger partial charge in [-0.25, -0.2) is 9.37 Å². The van der Waals surface area contributed by atoms with Gasteiger partial charge >= 0.3 is 0 Å². The number of fused-ring (bicyclic) bond motifs is 4. The molecule has 0 saturated heterocycles. The van der Waals surface area contributed by atoms with Crippen molar-refractivity contribution in [2.45, 2.75) is 6.10 Å². The van der Waals surface area contributed by atoms with Crippen molar-refractivity contribution >= 4 is 27.9 Å². The number of nitrogens with zero attached hydrogens (tertiary/aromatic N) is 4. The first-order valence-corrected chi connectivity index (χ1v) is 10.3. The van der Waals surface area contributed by atoms with Gasteiger partial charge in [0.2, 0.25) is 5.95 Å². The second-order valence-electron chi connectivity index (χ2n) is 7.55. The maximum atomic E-state index is 14.6. The van der Waals surface area contributed by atoms with Crippen LogP contribution in [0, 0.1) is 5.82 Å². The van der Waals surface area contributed by atoms with Gasteiger partial charge in [-0.15, -0.1) is 0 Å². The summed E-state index contributed by atoms with van der Waals surface area (Å²) >= 11 is 0. The Kier molecular flexibility index (Phi) is 4.42. The lowest BCUT2D eigenvalue weighted by Crippen LogP contribution is -2.35. The number of nitrogens with one attached hydrogen (secondary N) is 2. The first-order valence-electron chi connectivity index (χ1n) is 10.3. The van der Waals surface area contributed by atoms with Crippen LogP contribution in [0.4, 0.5) is 10.3 Å². The number of para-hydroxylation sites is 3. The highest BCUT2D eigenvalue weighted by molar-refractivity contribution is 6.02. The van der Waals surface area contributed by atoms with E-state index < -0.39 is 11.4 Å². The number of H-pyrrole nitrogens is 1. The minimum atomic E-state index is -0.539. The molecule has 9 nitrogen and oxygen atoms in total. The lowest BCUT2D eigenvalue weighted by atomic mass is 10.2. The number of anilines is 1. The van der Waals surface area contributed by atoms with E-state index in [1.807, 2.05) is 24.3 Å². The van der Waals surface area contributed by atoms with E-state index in [1.165, 1.54) is 22.9 Å². The van der Waals surface area contributed by atoms with E-state index in [4.69, 9.17) is 9.47 Å². The quantitative estimate of drug-likeness (QED) is 0.439. The fourth-order valence-corrected chi connectivity index (χ4v) is 3.90. The zero-order valence-electron chi connectivity index (χ0n) is 17.2. The first-order chi connectivity index (χ1) is 16.2. The zero-order valence-corrected chi connectivity index (χ0v) is 17.2. The second-order valence-corrected chi connectivity index (χ2v) is 7.55. The van der Waals surface area contributed by atoms with E-state index in [0.29, 0.717) is 40.9 Å². The third-order valence-electron chi connectivity index (χ3n) is 5.46. The fraction of sp³-hybridized carbons (Fsp3) is 0.130. The SMILES string of the molecule is O=c1c2c[nH]nc2c2cnc(NC[C@H]3COc4ccccc4O3)nc2n1-c1ccccc1F. The van der Waals surface area contributed by atoms with Crippen molar-refractivity contribution in [2.75, 3.05) is 18.5 Å². The molecule has 33 heavy (non-hydrogen) atoms. The van der Waals surface area contributed by atoms with Crippen LogP contribution in [0.3, 0.4) is 0 Å². The molecule has 0 unspecified atom stereocenters. The Labute approximate surface area is 185 Å². The number of hydrogen-bond acceptors (Lipinski definition) is 7. The molecular weight excluding hydrogens is 427 g/mol. The molecule has 1 aliphatic rings. The van der Waals surface area contributed by atoms with Crippen LogP contribution in [0.15, 0.2) is 65.7 Å². The first kappa shape index (κ1) is 19.2. The van der Waals surface area contributed by atoms with Crippen molar-refractivity contribution < 1.29 is 13.9 Å². The van der Waals surface area contributed by atoms with Crippen molar-refractivity contribution in [3.8, 4) is 17.2 Å². The average molecular weight is 444 g/mol. The number of pyridine rings is 1. The molecule has 164 valence electrons. The summed E-state index contributed by atoms with van der Waals surface area (Å²) in [5, 5.41) is 10.8. The molecule has 3 aromatic heterocycles. The Hall–Kier alpha value is -4.47. The molecule has 0 saturated carbocycles. The molecular formula is C23H17FN6O3. The van der Waals surface area contributed by atoms with Crippen LogP contribution in [0.2, 0.25) is 0 Å². The molecule has 10 heteroatoms. The maximum absolute atomic E-state index is 14.6. The van der Waals surface area contributed by atoms with Gasteiger partial charge in [-0.3, -0.25) is 14.5 Å². The Morgan fingerprint density at radius 3 is 2.82 bits per heavy atom. The van der Waals surface area contributed by atoms with E-state index in [0.717, 1.165) is 0 Å². The third-order valence-corrected chi connectivity index (χ3v) is 5.46. The summed E-state index contributed by atoms with van der Waals surface area (Å²) in [6.45, 7) is 0.736. The van der Waals surface area contributed by atoms with Gasteiger partial charge in [-0.2, -0.15) is 10.1 Å². The standard InChI is InChI=1S/C23H17FN6O3/c24-16-5-1-2-6-17(16)30-21-14(20-15(22(30)31)11-27-29-20)10-26-23(28-21)25-9-13-12-32-18-7-3-4-8-19(18)33-13/h1-8,10-11,13H,9,12H2,(H,27,29)(H,25,26,28)/t13-/m0/s1. The van der Waals surface area contributed by atoms with E-state index in [2.05, 4.69) is 25.5 Å². The number of ether oxygens (including phenoxy) is 2. The molecule has 0 bridgehead atoms. The van der Waals surface area contributed by atoms with E-state index in [9.17, 15) is 9.18 Å². The molecule has 2 aromatic carbocycles. The fourth-order valence-electron chi connectivity index (χ4n) is 3.90. The van der Waals surface area contributed by atoms with Gasteiger partial charge in [0.05, 0.1) is 23.0 Å². The lowest BCUT2D eigenvalue weighted by Gasteiger charge is -2.26. The van der Waals surface area contributed by atoms with Crippen molar-refractivity contribution in [3.63, 3.8) is 0 Å². The topological polar surface area (TPSA) is 107 Å². The Balaban J connectivity index is 1.39. The van der Waals surface area contributed by atoms with Crippen LogP contribution in [0.1, 0.15) is 0 Å². The number of aromatic nitrogens is 5. The number of rotatable bonds is 4. The van der Waals surface area contributed by atoms with Crippen LogP contribution in [-0.2, 0) is 0 Å². The Bertz CT molecular complexity index is 1560. The molecule has 0 radical (unpaired) electrons. The van der Waals surface area contributed by atoms with E-state index in [1.54, 1.807) is 18.3 Å². The summed E-state index contributed by atoms with van der Waals surface area (Å²) in [6.07, 6.45) is 2.79. The van der Waals surface area contributed by atoms with Gasteiger partial charge in [-0.1, -0.05) is 24.3 Å². The summed E-state index contributed by atoms with van der Waals surface area (Å²) < 4.78 is 27.6. The lowest BCUT2D eigenvalue weighted by molar-refractivity contribution is 0.0996. The van der Waals surface area contributed by atoms with Crippen molar-refractivity contribution in [2.24, 2.45) is 0 Å². The van der Waals surface area contributed by atoms with Crippen molar-refractivity contribution in [3.05, 3.63) is 77.1 Å². The van der Waals surface area contributed by atoms with Gasteiger partial charge in [0, 0.05) is 12.4 Å². The highest BCUT2D eigenvalue weighted by Gasteiger charge is 2.22. The summed E-state index contributed by atoms with van der Waals surface area (Å²) in [5.41, 5.74) is 0.339. The minimum Gasteiger partial charge on any atom is -0.486 e. The largest absolute Gasteiger partial charge is 0.486 e. The summed E-state index contributed by atoms with van der Waals surface area (Å²) in [5.74, 6) is 1.10. The van der Waals surface area contributed by atoms with Crippen LogP contribution in [-0.4, -0.2) is 44.0 Å². The molecule has 1 atom stereocenters. The number of aromatic amines is 1. The Morgan fingerprint density at radius 2 is 1.94 bits per heavy atom. The van der Waals surface area contributed by atoms with Gasteiger partial charge < -0.3 is 14.8 Å². The van der Waals surface area contributed by atoms with Crippen molar-refractivity contribution in [1.82, 2.24) is 24.7 Å². The Morgan fingerprint density at radius 1 is 1.12 bits per heavy atom.